The molecule has 0 aliphatic heterocycles. The Morgan fingerprint density at radius 3 is 2.77 bits per heavy atom. The van der Waals surface area contributed by atoms with Gasteiger partial charge in [0, 0.05) is 6.54 Å². The molecule has 1 heteroatoms. The van der Waals surface area contributed by atoms with Gasteiger partial charge in [-0.2, -0.15) is 0 Å². The maximum Gasteiger partial charge on any atom is 0.000792 e. The highest BCUT2D eigenvalue weighted by atomic mass is 14.9. The highest BCUT2D eigenvalue weighted by molar-refractivity contribution is 4.98. The molecule has 76 valence electrons. The van der Waals surface area contributed by atoms with E-state index in [1.165, 1.54) is 45.2 Å². The second-order valence-electron chi connectivity index (χ2n) is 5.41. The molecule has 1 nitrogen and oxygen atoms in total. The van der Waals surface area contributed by atoms with Crippen LogP contribution in [0, 0.1) is 17.3 Å². The van der Waals surface area contributed by atoms with E-state index in [4.69, 9.17) is 0 Å². The van der Waals surface area contributed by atoms with Gasteiger partial charge < -0.3 is 5.32 Å². The third-order valence-corrected chi connectivity index (χ3v) is 4.24. The Morgan fingerprint density at radius 1 is 1.38 bits per heavy atom. The van der Waals surface area contributed by atoms with Crippen LogP contribution in [-0.2, 0) is 0 Å². The van der Waals surface area contributed by atoms with E-state index in [1.807, 2.05) is 0 Å². The van der Waals surface area contributed by atoms with Gasteiger partial charge in [-0.3, -0.25) is 0 Å². The molecule has 2 saturated carbocycles. The quantitative estimate of drug-likeness (QED) is 0.658. The van der Waals surface area contributed by atoms with Gasteiger partial charge in [-0.1, -0.05) is 20.3 Å². The summed E-state index contributed by atoms with van der Waals surface area (Å²) in [6, 6.07) is 0. The summed E-state index contributed by atoms with van der Waals surface area (Å²) in [7, 11) is 0. The molecule has 3 atom stereocenters. The third kappa shape index (κ3) is 1.76. The summed E-state index contributed by atoms with van der Waals surface area (Å²) >= 11 is 0. The standard InChI is InChI=1S/C12H23N/c1-3-6-13-9-12(2)8-10-4-5-11(12)7-10/h10-11,13H,3-9H2,1-2H3. The summed E-state index contributed by atoms with van der Waals surface area (Å²) < 4.78 is 0. The molecule has 0 aromatic carbocycles. The maximum absolute atomic E-state index is 3.60. The summed E-state index contributed by atoms with van der Waals surface area (Å²) in [5, 5.41) is 3.60. The number of hydrogen-bond acceptors (Lipinski definition) is 1. The number of nitrogens with one attached hydrogen (secondary N) is 1. The molecule has 0 amide bonds. The van der Waals surface area contributed by atoms with Crippen LogP contribution >= 0.6 is 0 Å². The van der Waals surface area contributed by atoms with Crippen LogP contribution in [-0.4, -0.2) is 13.1 Å². The molecule has 2 aliphatic carbocycles. The minimum Gasteiger partial charge on any atom is -0.316 e. The summed E-state index contributed by atoms with van der Waals surface area (Å²) in [4.78, 5) is 0. The maximum atomic E-state index is 3.60. The van der Waals surface area contributed by atoms with Gasteiger partial charge in [-0.15, -0.1) is 0 Å². The SMILES string of the molecule is CCCNCC1(C)CC2CCC1C2. The highest BCUT2D eigenvalue weighted by Crippen LogP contribution is 2.55. The summed E-state index contributed by atoms with van der Waals surface area (Å²) in [5.41, 5.74) is 0.651. The highest BCUT2D eigenvalue weighted by Gasteiger charge is 2.47. The molecule has 0 spiro atoms. The zero-order valence-corrected chi connectivity index (χ0v) is 9.10. The van der Waals surface area contributed by atoms with Crippen molar-refractivity contribution in [2.45, 2.75) is 46.0 Å². The lowest BCUT2D eigenvalue weighted by atomic mass is 9.75. The van der Waals surface area contributed by atoms with E-state index in [1.54, 1.807) is 0 Å². The van der Waals surface area contributed by atoms with Gasteiger partial charge in [-0.05, 0) is 49.5 Å². The summed E-state index contributed by atoms with van der Waals surface area (Å²) in [5.74, 6) is 2.13. The van der Waals surface area contributed by atoms with E-state index in [-0.39, 0.29) is 0 Å². The predicted molar refractivity (Wildman–Crippen MR) is 56.7 cm³/mol. The number of fused-ring (bicyclic) bond motifs is 2. The van der Waals surface area contributed by atoms with Gasteiger partial charge in [0.15, 0.2) is 0 Å². The molecule has 2 bridgehead atoms. The Morgan fingerprint density at radius 2 is 2.23 bits per heavy atom. The molecule has 3 unspecified atom stereocenters. The first-order valence-electron chi connectivity index (χ1n) is 5.95. The normalized spacial score (nSPS) is 42.9. The van der Waals surface area contributed by atoms with E-state index >= 15 is 0 Å². The lowest BCUT2D eigenvalue weighted by Gasteiger charge is -2.34. The van der Waals surface area contributed by atoms with Gasteiger partial charge in [0.2, 0.25) is 0 Å². The Labute approximate surface area is 82.3 Å². The van der Waals surface area contributed by atoms with Gasteiger partial charge >= 0.3 is 0 Å². The molecular weight excluding hydrogens is 158 g/mol. The fourth-order valence-corrected chi connectivity index (χ4v) is 3.49. The molecule has 2 fully saturated rings. The van der Waals surface area contributed by atoms with Crippen molar-refractivity contribution in [1.29, 1.82) is 0 Å². The molecule has 2 rings (SSSR count). The van der Waals surface area contributed by atoms with Crippen LogP contribution in [0.25, 0.3) is 0 Å². The van der Waals surface area contributed by atoms with E-state index < -0.39 is 0 Å². The Hall–Kier alpha value is -0.0400. The molecule has 0 aromatic heterocycles. The summed E-state index contributed by atoms with van der Waals surface area (Å²) in [6.07, 6.45) is 7.33. The van der Waals surface area contributed by atoms with Crippen LogP contribution in [0.5, 0.6) is 0 Å². The second-order valence-corrected chi connectivity index (χ2v) is 5.41. The minimum atomic E-state index is 0.651. The van der Waals surface area contributed by atoms with Crippen LogP contribution in [0.15, 0.2) is 0 Å². The van der Waals surface area contributed by atoms with Crippen molar-refractivity contribution >= 4 is 0 Å². The average molecular weight is 181 g/mol. The lowest BCUT2D eigenvalue weighted by molar-refractivity contribution is 0.183. The molecule has 2 aliphatic rings. The van der Waals surface area contributed by atoms with Crippen molar-refractivity contribution in [3.63, 3.8) is 0 Å². The lowest BCUT2D eigenvalue weighted by Crippen LogP contribution is -2.36. The Balaban J connectivity index is 1.83. The van der Waals surface area contributed by atoms with Gasteiger partial charge in [-0.25, -0.2) is 0 Å². The zero-order chi connectivity index (χ0) is 9.31. The smallest absolute Gasteiger partial charge is 0.000792 e. The molecule has 0 saturated heterocycles. The van der Waals surface area contributed by atoms with Crippen molar-refractivity contribution in [2.75, 3.05) is 13.1 Å². The van der Waals surface area contributed by atoms with E-state index in [9.17, 15) is 0 Å². The van der Waals surface area contributed by atoms with Crippen molar-refractivity contribution in [3.05, 3.63) is 0 Å². The molecule has 13 heavy (non-hydrogen) atoms. The van der Waals surface area contributed by atoms with Crippen LogP contribution in [0.3, 0.4) is 0 Å². The molecule has 1 N–H and O–H groups in total. The largest absolute Gasteiger partial charge is 0.316 e. The van der Waals surface area contributed by atoms with Crippen LogP contribution in [0.1, 0.15) is 46.0 Å². The minimum absolute atomic E-state index is 0.651. The number of rotatable bonds is 4. The number of hydrogen-bond donors (Lipinski definition) is 1. The van der Waals surface area contributed by atoms with Crippen LogP contribution in [0.4, 0.5) is 0 Å². The van der Waals surface area contributed by atoms with Crippen molar-refractivity contribution in [1.82, 2.24) is 5.32 Å². The molecule has 0 radical (unpaired) electrons. The average Bonchev–Trinajstić information content (AvgIpc) is 2.64. The van der Waals surface area contributed by atoms with Gasteiger partial charge in [0.1, 0.15) is 0 Å². The predicted octanol–water partition coefficient (Wildman–Crippen LogP) is 2.81. The van der Waals surface area contributed by atoms with Gasteiger partial charge in [0.05, 0.1) is 0 Å². The first-order valence-corrected chi connectivity index (χ1v) is 5.95. The van der Waals surface area contributed by atoms with Crippen molar-refractivity contribution < 1.29 is 0 Å². The van der Waals surface area contributed by atoms with Gasteiger partial charge in [0.25, 0.3) is 0 Å². The van der Waals surface area contributed by atoms with Crippen molar-refractivity contribution in [3.8, 4) is 0 Å². The molecular formula is C12H23N. The fourth-order valence-electron chi connectivity index (χ4n) is 3.49. The Bertz CT molecular complexity index is 178. The first kappa shape index (κ1) is 9.51. The van der Waals surface area contributed by atoms with Crippen molar-refractivity contribution in [2.24, 2.45) is 17.3 Å². The third-order valence-electron chi connectivity index (χ3n) is 4.24. The topological polar surface area (TPSA) is 12.0 Å². The van der Waals surface area contributed by atoms with E-state index in [0.29, 0.717) is 5.41 Å². The van der Waals surface area contributed by atoms with Crippen LogP contribution in [0.2, 0.25) is 0 Å². The Kier molecular flexibility index (Phi) is 2.64. The molecule has 0 aromatic rings. The first-order chi connectivity index (χ1) is 6.24. The zero-order valence-electron chi connectivity index (χ0n) is 9.10. The van der Waals surface area contributed by atoms with E-state index in [2.05, 4.69) is 19.2 Å². The van der Waals surface area contributed by atoms with Crippen LogP contribution < -0.4 is 5.32 Å². The monoisotopic (exact) mass is 181 g/mol. The molecule has 0 heterocycles. The van der Waals surface area contributed by atoms with E-state index in [0.717, 1.165) is 11.8 Å². The second kappa shape index (κ2) is 3.61. The fraction of sp³-hybridized carbons (Fsp3) is 1.00. The summed E-state index contributed by atoms with van der Waals surface area (Å²) in [6.45, 7) is 7.21.